The summed E-state index contributed by atoms with van der Waals surface area (Å²) < 4.78 is 13.9. The fourth-order valence-electron chi connectivity index (χ4n) is 1.24. The van der Waals surface area contributed by atoms with E-state index in [4.69, 9.17) is 5.26 Å². The van der Waals surface area contributed by atoms with Crippen molar-refractivity contribution in [3.05, 3.63) is 40.4 Å². The van der Waals surface area contributed by atoms with Crippen molar-refractivity contribution in [2.75, 3.05) is 0 Å². The molecule has 2 aromatic rings. The Morgan fingerprint density at radius 1 is 1.36 bits per heavy atom. The third-order valence-electron chi connectivity index (χ3n) is 1.92. The Hall–Kier alpha value is -1.47. The van der Waals surface area contributed by atoms with Crippen molar-refractivity contribution in [2.24, 2.45) is 0 Å². The Morgan fingerprint density at radius 2 is 2.14 bits per heavy atom. The van der Waals surface area contributed by atoms with Crippen LogP contribution < -0.4 is 0 Å². The summed E-state index contributed by atoms with van der Waals surface area (Å²) in [5.41, 5.74) is 0.0457. The Kier molecular flexibility index (Phi) is 2.18. The molecule has 4 heteroatoms. The first-order valence-corrected chi connectivity index (χ1v) is 4.64. The molecule has 0 aliphatic heterocycles. The van der Waals surface area contributed by atoms with Crippen LogP contribution in [0.15, 0.2) is 29.0 Å². The van der Waals surface area contributed by atoms with E-state index >= 15 is 0 Å². The highest BCUT2D eigenvalue weighted by Crippen LogP contribution is 2.24. The Bertz CT molecular complexity index is 546. The molecule has 1 aromatic carbocycles. The van der Waals surface area contributed by atoms with Gasteiger partial charge in [-0.15, -0.1) is 0 Å². The highest BCUT2D eigenvalue weighted by molar-refractivity contribution is 9.10. The second kappa shape index (κ2) is 3.35. The van der Waals surface area contributed by atoms with Gasteiger partial charge in [0.1, 0.15) is 11.9 Å². The van der Waals surface area contributed by atoms with Gasteiger partial charge < -0.3 is 0 Å². The third kappa shape index (κ3) is 1.36. The molecule has 68 valence electrons. The second-order valence-electron chi connectivity index (χ2n) is 2.79. The number of halogens is 2. The Morgan fingerprint density at radius 3 is 2.86 bits per heavy atom. The molecule has 0 atom stereocenters. The highest BCUT2D eigenvalue weighted by Gasteiger charge is 2.05. The van der Waals surface area contributed by atoms with Crippen molar-refractivity contribution in [3.63, 3.8) is 0 Å². The van der Waals surface area contributed by atoms with Crippen LogP contribution in [0.25, 0.3) is 10.8 Å². The van der Waals surface area contributed by atoms with Gasteiger partial charge in [0.25, 0.3) is 0 Å². The van der Waals surface area contributed by atoms with Crippen LogP contribution in [0.4, 0.5) is 4.39 Å². The van der Waals surface area contributed by atoms with Crippen molar-refractivity contribution in [3.8, 4) is 6.07 Å². The third-order valence-corrected chi connectivity index (χ3v) is 2.55. The largest absolute Gasteiger partial charge is 0.263 e. The number of fused-ring (bicyclic) bond motifs is 1. The van der Waals surface area contributed by atoms with E-state index in [1.165, 1.54) is 12.1 Å². The van der Waals surface area contributed by atoms with Crippen molar-refractivity contribution in [1.82, 2.24) is 4.98 Å². The highest BCUT2D eigenvalue weighted by atomic mass is 79.9. The van der Waals surface area contributed by atoms with Gasteiger partial charge in [0.05, 0.1) is 5.56 Å². The van der Waals surface area contributed by atoms with Crippen LogP contribution in [0, 0.1) is 17.1 Å². The summed E-state index contributed by atoms with van der Waals surface area (Å²) in [6.07, 6.45) is 3.17. The van der Waals surface area contributed by atoms with Crippen LogP contribution in [0.2, 0.25) is 0 Å². The lowest BCUT2D eigenvalue weighted by molar-refractivity contribution is 0.626. The first kappa shape index (κ1) is 9.10. The lowest BCUT2D eigenvalue weighted by atomic mass is 10.1. The Balaban J connectivity index is 2.89. The SMILES string of the molecule is N#Cc1cc2c(Br)cncc2cc1F. The lowest BCUT2D eigenvalue weighted by Crippen LogP contribution is -1.86. The van der Waals surface area contributed by atoms with Gasteiger partial charge in [0.15, 0.2) is 0 Å². The number of rotatable bonds is 0. The molecule has 0 aliphatic rings. The van der Waals surface area contributed by atoms with Crippen LogP contribution in [-0.2, 0) is 0 Å². The summed E-state index contributed by atoms with van der Waals surface area (Å²) in [4.78, 5) is 3.91. The van der Waals surface area contributed by atoms with Crippen LogP contribution >= 0.6 is 15.9 Å². The summed E-state index contributed by atoms with van der Waals surface area (Å²) in [7, 11) is 0. The zero-order chi connectivity index (χ0) is 10.1. The zero-order valence-electron chi connectivity index (χ0n) is 6.96. The van der Waals surface area contributed by atoms with E-state index < -0.39 is 5.82 Å². The first-order chi connectivity index (χ1) is 6.72. The summed E-state index contributed by atoms with van der Waals surface area (Å²) in [6, 6.07) is 4.62. The van der Waals surface area contributed by atoms with Gasteiger partial charge in [-0.2, -0.15) is 5.26 Å². The number of hydrogen-bond acceptors (Lipinski definition) is 2. The minimum Gasteiger partial charge on any atom is -0.263 e. The average molecular weight is 251 g/mol. The van der Waals surface area contributed by atoms with Gasteiger partial charge in [-0.3, -0.25) is 4.98 Å². The monoisotopic (exact) mass is 250 g/mol. The van der Waals surface area contributed by atoms with Crippen LogP contribution in [0.1, 0.15) is 5.56 Å². The molecule has 1 heterocycles. The predicted molar refractivity (Wildman–Crippen MR) is 54.1 cm³/mol. The van der Waals surface area contributed by atoms with Crippen molar-refractivity contribution >= 4 is 26.7 Å². The molecular weight excluding hydrogens is 247 g/mol. The molecule has 2 nitrogen and oxygen atoms in total. The van der Waals surface area contributed by atoms with Crippen LogP contribution in [0.5, 0.6) is 0 Å². The second-order valence-corrected chi connectivity index (χ2v) is 3.64. The molecule has 14 heavy (non-hydrogen) atoms. The van der Waals surface area contributed by atoms with Gasteiger partial charge in [-0.1, -0.05) is 0 Å². The average Bonchev–Trinajstić information content (AvgIpc) is 2.17. The molecule has 0 aliphatic carbocycles. The zero-order valence-corrected chi connectivity index (χ0v) is 8.55. The number of benzene rings is 1. The van der Waals surface area contributed by atoms with E-state index in [1.807, 2.05) is 0 Å². The van der Waals surface area contributed by atoms with E-state index in [-0.39, 0.29) is 5.56 Å². The van der Waals surface area contributed by atoms with Crippen LogP contribution in [-0.4, -0.2) is 4.98 Å². The van der Waals surface area contributed by atoms with Crippen molar-refractivity contribution < 1.29 is 4.39 Å². The quantitative estimate of drug-likeness (QED) is 0.721. The molecule has 0 unspecified atom stereocenters. The summed E-state index contributed by atoms with van der Waals surface area (Å²) in [6.45, 7) is 0. The molecular formula is C10H4BrFN2. The number of pyridine rings is 1. The molecule has 0 saturated carbocycles. The topological polar surface area (TPSA) is 36.7 Å². The molecule has 0 N–H and O–H groups in total. The van der Waals surface area contributed by atoms with Gasteiger partial charge in [0.2, 0.25) is 0 Å². The number of nitriles is 1. The van der Waals surface area contributed by atoms with Gasteiger partial charge >= 0.3 is 0 Å². The minimum atomic E-state index is -0.514. The number of nitrogens with zero attached hydrogens (tertiary/aromatic N) is 2. The molecule has 2 rings (SSSR count). The number of aromatic nitrogens is 1. The van der Waals surface area contributed by atoms with E-state index in [1.54, 1.807) is 18.5 Å². The smallest absolute Gasteiger partial charge is 0.141 e. The molecule has 0 bridgehead atoms. The lowest BCUT2D eigenvalue weighted by Gasteiger charge is -2.00. The first-order valence-electron chi connectivity index (χ1n) is 3.85. The van der Waals surface area contributed by atoms with Gasteiger partial charge in [-0.05, 0) is 28.1 Å². The maximum atomic E-state index is 13.2. The summed E-state index contributed by atoms with van der Waals surface area (Å²) >= 11 is 3.29. The van der Waals surface area contributed by atoms with Gasteiger partial charge in [-0.25, -0.2) is 4.39 Å². The van der Waals surface area contributed by atoms with Crippen LogP contribution in [0.3, 0.4) is 0 Å². The van der Waals surface area contributed by atoms with E-state index in [9.17, 15) is 4.39 Å². The maximum absolute atomic E-state index is 13.2. The molecule has 0 amide bonds. The molecule has 0 fully saturated rings. The fraction of sp³-hybridized carbons (Fsp3) is 0. The molecule has 0 spiro atoms. The molecule has 0 saturated heterocycles. The van der Waals surface area contributed by atoms with Crippen molar-refractivity contribution in [1.29, 1.82) is 5.26 Å². The standard InChI is InChI=1S/C10H4BrFN2/c11-9-5-14-4-7-2-10(12)6(3-13)1-8(7)9/h1-2,4-5H. The maximum Gasteiger partial charge on any atom is 0.141 e. The normalized spacial score (nSPS) is 10.1. The Labute approximate surface area is 88.1 Å². The number of hydrogen-bond donors (Lipinski definition) is 0. The minimum absolute atomic E-state index is 0.0457. The summed E-state index contributed by atoms with van der Waals surface area (Å²) in [5, 5.41) is 10.1. The van der Waals surface area contributed by atoms with Crippen molar-refractivity contribution in [2.45, 2.75) is 0 Å². The van der Waals surface area contributed by atoms with E-state index in [0.717, 1.165) is 9.86 Å². The van der Waals surface area contributed by atoms with Gasteiger partial charge in [0, 0.05) is 27.6 Å². The molecule has 1 aromatic heterocycles. The van der Waals surface area contributed by atoms with E-state index in [0.29, 0.717) is 5.39 Å². The fourth-order valence-corrected chi connectivity index (χ4v) is 1.70. The summed E-state index contributed by atoms with van der Waals surface area (Å²) in [5.74, 6) is -0.514. The predicted octanol–water partition coefficient (Wildman–Crippen LogP) is 3.01. The molecule has 0 radical (unpaired) electrons. The van der Waals surface area contributed by atoms with E-state index in [2.05, 4.69) is 20.9 Å².